The fourth-order valence-corrected chi connectivity index (χ4v) is 3.56. The number of nitrogens with one attached hydrogen (secondary N) is 2. The molecule has 1 heterocycles. The minimum Gasteiger partial charge on any atom is -0.331 e. The molecule has 1 unspecified atom stereocenters. The van der Waals surface area contributed by atoms with E-state index >= 15 is 0 Å². The molecule has 1 aromatic carbocycles. The molecule has 0 bridgehead atoms. The summed E-state index contributed by atoms with van der Waals surface area (Å²) >= 11 is 0. The molecule has 156 valence electrons. The zero-order valence-electron chi connectivity index (χ0n) is 16.3. The molecule has 1 aromatic rings. The molecule has 0 saturated carbocycles. The van der Waals surface area contributed by atoms with E-state index in [0.29, 0.717) is 23.6 Å². The second-order valence-electron chi connectivity index (χ2n) is 7.33. The average molecular weight is 399 g/mol. The zero-order valence-corrected chi connectivity index (χ0v) is 16.3. The molecular weight excluding hydrogens is 371 g/mol. The lowest BCUT2D eigenvalue weighted by atomic mass is 9.84. The number of hydrogen-bond acceptors (Lipinski definition) is 3. The van der Waals surface area contributed by atoms with E-state index in [1.165, 1.54) is 6.92 Å². The van der Waals surface area contributed by atoms with Crippen LogP contribution in [-0.2, 0) is 16.1 Å². The van der Waals surface area contributed by atoms with Crippen LogP contribution in [0.2, 0.25) is 0 Å². The summed E-state index contributed by atoms with van der Waals surface area (Å²) in [5, 5.41) is 6.13. The number of carbonyl (C=O) groups is 2. The normalized spacial score (nSPS) is 16.5. The number of anilines is 1. The van der Waals surface area contributed by atoms with E-state index in [1.54, 1.807) is 24.3 Å². The maximum Gasteiger partial charge on any atom is 0.471 e. The van der Waals surface area contributed by atoms with Gasteiger partial charge in [-0.1, -0.05) is 19.1 Å². The third kappa shape index (κ3) is 6.51. The number of nitrogens with zero attached hydrogens (tertiary/aromatic N) is 1. The number of alkyl halides is 3. The Bertz CT molecular complexity index is 673. The van der Waals surface area contributed by atoms with Gasteiger partial charge in [0.05, 0.1) is 0 Å². The predicted molar refractivity (Wildman–Crippen MR) is 102 cm³/mol. The highest BCUT2D eigenvalue weighted by Crippen LogP contribution is 2.25. The highest BCUT2D eigenvalue weighted by Gasteiger charge is 2.41. The average Bonchev–Trinajstić information content (AvgIpc) is 2.65. The lowest BCUT2D eigenvalue weighted by molar-refractivity contribution is -0.185. The van der Waals surface area contributed by atoms with E-state index in [-0.39, 0.29) is 24.9 Å². The first-order valence-corrected chi connectivity index (χ1v) is 9.66. The minimum atomic E-state index is -4.90. The Labute approximate surface area is 163 Å². The first kappa shape index (κ1) is 22.2. The van der Waals surface area contributed by atoms with Gasteiger partial charge in [-0.2, -0.15) is 13.2 Å². The summed E-state index contributed by atoms with van der Waals surface area (Å²) in [4.78, 5) is 24.6. The van der Waals surface area contributed by atoms with Crippen LogP contribution in [0.1, 0.15) is 38.7 Å². The number of amides is 2. The number of carbonyl (C=O) groups excluding carboxylic acids is 2. The summed E-state index contributed by atoms with van der Waals surface area (Å²) in [5.74, 6) is -1.18. The quantitative estimate of drug-likeness (QED) is 0.737. The van der Waals surface area contributed by atoms with Gasteiger partial charge in [0.2, 0.25) is 5.91 Å². The van der Waals surface area contributed by atoms with Gasteiger partial charge in [-0.3, -0.25) is 9.59 Å². The van der Waals surface area contributed by atoms with Crippen LogP contribution in [0.5, 0.6) is 0 Å². The van der Waals surface area contributed by atoms with Crippen molar-refractivity contribution in [1.82, 2.24) is 10.2 Å². The summed E-state index contributed by atoms with van der Waals surface area (Å²) in [6.07, 6.45) is -2.37. The Morgan fingerprint density at radius 3 is 2.57 bits per heavy atom. The fourth-order valence-electron chi connectivity index (χ4n) is 3.56. The lowest BCUT2D eigenvalue weighted by Gasteiger charge is -2.27. The van der Waals surface area contributed by atoms with Crippen LogP contribution in [0.3, 0.4) is 0 Å². The van der Waals surface area contributed by atoms with E-state index in [1.807, 2.05) is 0 Å². The topological polar surface area (TPSA) is 61.4 Å². The van der Waals surface area contributed by atoms with Gasteiger partial charge in [-0.25, -0.2) is 0 Å². The van der Waals surface area contributed by atoms with Crippen LogP contribution >= 0.6 is 0 Å². The highest BCUT2D eigenvalue weighted by atomic mass is 19.4. The highest BCUT2D eigenvalue weighted by molar-refractivity contribution is 5.91. The Morgan fingerprint density at radius 1 is 1.29 bits per heavy atom. The number of benzene rings is 1. The van der Waals surface area contributed by atoms with Crippen molar-refractivity contribution < 1.29 is 22.8 Å². The molecule has 5 nitrogen and oxygen atoms in total. The van der Waals surface area contributed by atoms with Crippen molar-refractivity contribution in [3.63, 3.8) is 0 Å². The molecule has 1 fully saturated rings. The summed E-state index contributed by atoms with van der Waals surface area (Å²) in [6.45, 7) is 5.31. The molecule has 0 aliphatic carbocycles. The molecule has 1 atom stereocenters. The Kier molecular flexibility index (Phi) is 7.86. The van der Waals surface area contributed by atoms with Crippen molar-refractivity contribution >= 4 is 17.5 Å². The smallest absolute Gasteiger partial charge is 0.331 e. The van der Waals surface area contributed by atoms with Crippen LogP contribution in [0, 0.1) is 11.8 Å². The van der Waals surface area contributed by atoms with Gasteiger partial charge in [-0.05, 0) is 62.4 Å². The predicted octanol–water partition coefficient (Wildman–Crippen LogP) is 3.56. The largest absolute Gasteiger partial charge is 0.471 e. The van der Waals surface area contributed by atoms with E-state index < -0.39 is 12.1 Å². The van der Waals surface area contributed by atoms with Gasteiger partial charge in [0.1, 0.15) is 0 Å². The van der Waals surface area contributed by atoms with E-state index in [9.17, 15) is 22.8 Å². The molecule has 1 aliphatic heterocycles. The molecule has 1 saturated heterocycles. The number of rotatable bonds is 7. The third-order valence-corrected chi connectivity index (χ3v) is 5.19. The number of hydrogen-bond donors (Lipinski definition) is 2. The molecule has 0 spiro atoms. The summed E-state index contributed by atoms with van der Waals surface area (Å²) in [5.41, 5.74) is 1.05. The second kappa shape index (κ2) is 9.91. The van der Waals surface area contributed by atoms with Gasteiger partial charge in [0.15, 0.2) is 0 Å². The van der Waals surface area contributed by atoms with Crippen LogP contribution in [0.15, 0.2) is 24.3 Å². The second-order valence-corrected chi connectivity index (χ2v) is 7.33. The van der Waals surface area contributed by atoms with Gasteiger partial charge >= 0.3 is 12.1 Å². The maximum absolute atomic E-state index is 12.7. The molecule has 1 aliphatic rings. The lowest BCUT2D eigenvalue weighted by Crippen LogP contribution is -2.40. The van der Waals surface area contributed by atoms with Crippen molar-refractivity contribution in [1.29, 1.82) is 0 Å². The Hall–Kier alpha value is -2.09. The van der Waals surface area contributed by atoms with Crippen molar-refractivity contribution in [3.8, 4) is 0 Å². The van der Waals surface area contributed by atoms with Crippen molar-refractivity contribution in [2.75, 3.05) is 25.0 Å². The van der Waals surface area contributed by atoms with E-state index in [4.69, 9.17) is 0 Å². The van der Waals surface area contributed by atoms with Crippen molar-refractivity contribution in [2.45, 2.75) is 45.8 Å². The van der Waals surface area contributed by atoms with Crippen LogP contribution < -0.4 is 10.6 Å². The Balaban J connectivity index is 1.94. The monoisotopic (exact) mass is 399 g/mol. The molecule has 2 amide bonds. The minimum absolute atomic E-state index is 0.0529. The SMILES string of the molecule is CCN(Cc1cccc(NC(=O)CC(C)C2CCNCC2)c1)C(=O)C(F)(F)F. The van der Waals surface area contributed by atoms with E-state index in [0.717, 1.165) is 30.8 Å². The van der Waals surface area contributed by atoms with Crippen LogP contribution in [0.25, 0.3) is 0 Å². The molecule has 2 rings (SSSR count). The summed E-state index contributed by atoms with van der Waals surface area (Å²) in [7, 11) is 0. The fraction of sp³-hybridized carbons (Fsp3) is 0.600. The molecule has 2 N–H and O–H groups in total. The van der Waals surface area contributed by atoms with Crippen molar-refractivity contribution in [3.05, 3.63) is 29.8 Å². The van der Waals surface area contributed by atoms with Gasteiger partial charge in [0.25, 0.3) is 0 Å². The Morgan fingerprint density at radius 2 is 1.96 bits per heavy atom. The number of halogens is 3. The van der Waals surface area contributed by atoms with Gasteiger partial charge < -0.3 is 15.5 Å². The molecule has 8 heteroatoms. The third-order valence-electron chi connectivity index (χ3n) is 5.19. The first-order valence-electron chi connectivity index (χ1n) is 9.66. The molecule has 0 radical (unpaired) electrons. The number of piperidine rings is 1. The maximum atomic E-state index is 12.7. The van der Waals surface area contributed by atoms with E-state index in [2.05, 4.69) is 17.6 Å². The zero-order chi connectivity index (χ0) is 20.7. The van der Waals surface area contributed by atoms with Crippen molar-refractivity contribution in [2.24, 2.45) is 11.8 Å². The van der Waals surface area contributed by atoms with Crippen LogP contribution in [0.4, 0.5) is 18.9 Å². The molecule has 0 aromatic heterocycles. The van der Waals surface area contributed by atoms with Gasteiger partial charge in [0, 0.05) is 25.2 Å². The summed E-state index contributed by atoms with van der Waals surface area (Å²) < 4.78 is 38.0. The molecular formula is C20H28F3N3O2. The molecule has 28 heavy (non-hydrogen) atoms. The standard InChI is InChI=1S/C20H28F3N3O2/c1-3-26(19(28)20(21,22)23)13-15-5-4-6-17(12-15)25-18(27)11-14(2)16-7-9-24-10-8-16/h4-6,12,14,16,24H,3,7-11,13H2,1-2H3,(H,25,27). The summed E-state index contributed by atoms with van der Waals surface area (Å²) in [6, 6.07) is 6.60. The van der Waals surface area contributed by atoms with Gasteiger partial charge in [-0.15, -0.1) is 0 Å². The first-order chi connectivity index (χ1) is 13.2. The van der Waals surface area contributed by atoms with Crippen LogP contribution in [-0.4, -0.2) is 42.5 Å².